The molecule has 0 aliphatic rings. The Bertz CT molecular complexity index is 491. The summed E-state index contributed by atoms with van der Waals surface area (Å²) in [6.07, 6.45) is 0. The number of halogens is 1. The first-order valence-corrected chi connectivity index (χ1v) is 5.23. The summed E-state index contributed by atoms with van der Waals surface area (Å²) in [4.78, 5) is 0. The number of para-hydroxylation sites is 1. The van der Waals surface area contributed by atoms with Crippen molar-refractivity contribution in [3.05, 3.63) is 23.4 Å². The first kappa shape index (κ1) is 10.3. The Morgan fingerprint density at radius 1 is 1.40 bits per heavy atom. The maximum Gasteiger partial charge on any atom is 0.159 e. The Labute approximate surface area is 93.6 Å². The minimum absolute atomic E-state index is 0.260. The highest BCUT2D eigenvalue weighted by Crippen LogP contribution is 2.32. The molecule has 0 N–H and O–H groups in total. The van der Waals surface area contributed by atoms with Crippen molar-refractivity contribution < 1.29 is 4.74 Å². The number of fused-ring (bicyclic) bond motifs is 1. The van der Waals surface area contributed by atoms with Crippen molar-refractivity contribution in [2.24, 2.45) is 0 Å². The first-order valence-electron chi connectivity index (χ1n) is 4.86. The SMILES string of the molecule is COc1cccc2c(Cl)nn(C(C)C)c12. The van der Waals surface area contributed by atoms with Crippen molar-refractivity contribution in [1.29, 1.82) is 0 Å². The molecule has 0 bridgehead atoms. The highest BCUT2D eigenvalue weighted by molar-refractivity contribution is 6.34. The molecule has 1 aromatic carbocycles. The van der Waals surface area contributed by atoms with Gasteiger partial charge in [0.05, 0.1) is 7.11 Å². The van der Waals surface area contributed by atoms with Crippen LogP contribution in [0.4, 0.5) is 0 Å². The molecule has 0 spiro atoms. The van der Waals surface area contributed by atoms with Gasteiger partial charge in [-0.05, 0) is 26.0 Å². The highest BCUT2D eigenvalue weighted by atomic mass is 35.5. The summed E-state index contributed by atoms with van der Waals surface area (Å²) in [5.41, 5.74) is 0.958. The molecule has 0 aliphatic heterocycles. The molecule has 0 saturated carbocycles. The summed E-state index contributed by atoms with van der Waals surface area (Å²) < 4.78 is 7.20. The largest absolute Gasteiger partial charge is 0.494 e. The van der Waals surface area contributed by atoms with E-state index in [0.717, 1.165) is 16.7 Å². The third-order valence-corrected chi connectivity index (χ3v) is 2.63. The fourth-order valence-corrected chi connectivity index (χ4v) is 1.90. The summed E-state index contributed by atoms with van der Waals surface area (Å²) in [6.45, 7) is 4.13. The average molecular weight is 225 g/mol. The van der Waals surface area contributed by atoms with E-state index in [1.165, 1.54) is 0 Å². The first-order chi connectivity index (χ1) is 7.15. The lowest BCUT2D eigenvalue weighted by molar-refractivity contribution is 0.414. The van der Waals surface area contributed by atoms with Crippen molar-refractivity contribution in [3.8, 4) is 5.75 Å². The molecule has 0 saturated heterocycles. The van der Waals surface area contributed by atoms with Crippen LogP contribution >= 0.6 is 11.6 Å². The Kier molecular flexibility index (Phi) is 2.57. The summed E-state index contributed by atoms with van der Waals surface area (Å²) in [5.74, 6) is 0.806. The van der Waals surface area contributed by atoms with Crippen LogP contribution in [0.15, 0.2) is 18.2 Å². The standard InChI is InChI=1S/C11H13ClN2O/c1-7(2)14-10-8(11(12)13-14)5-4-6-9(10)15-3/h4-7H,1-3H3. The van der Waals surface area contributed by atoms with Crippen molar-refractivity contribution in [1.82, 2.24) is 9.78 Å². The maximum absolute atomic E-state index is 6.06. The number of rotatable bonds is 2. The fourth-order valence-electron chi connectivity index (χ4n) is 1.66. The van der Waals surface area contributed by atoms with Gasteiger partial charge in [0.2, 0.25) is 0 Å². The van der Waals surface area contributed by atoms with Gasteiger partial charge in [-0.1, -0.05) is 17.7 Å². The number of ether oxygens (including phenoxy) is 1. The van der Waals surface area contributed by atoms with E-state index >= 15 is 0 Å². The van der Waals surface area contributed by atoms with Crippen LogP contribution in [0.25, 0.3) is 10.9 Å². The van der Waals surface area contributed by atoms with Crippen molar-refractivity contribution >= 4 is 22.5 Å². The molecule has 0 fully saturated rings. The topological polar surface area (TPSA) is 27.1 Å². The molecule has 0 atom stereocenters. The normalized spacial score (nSPS) is 11.3. The van der Waals surface area contributed by atoms with Gasteiger partial charge in [0.1, 0.15) is 11.3 Å². The van der Waals surface area contributed by atoms with Gasteiger partial charge in [-0.15, -0.1) is 0 Å². The van der Waals surface area contributed by atoms with Crippen LogP contribution in [0.3, 0.4) is 0 Å². The van der Waals surface area contributed by atoms with E-state index in [-0.39, 0.29) is 6.04 Å². The Hall–Kier alpha value is -1.22. The predicted molar refractivity (Wildman–Crippen MR) is 61.7 cm³/mol. The van der Waals surface area contributed by atoms with Gasteiger partial charge >= 0.3 is 0 Å². The van der Waals surface area contributed by atoms with Crippen LogP contribution in [0.2, 0.25) is 5.15 Å². The van der Waals surface area contributed by atoms with Gasteiger partial charge < -0.3 is 4.74 Å². The minimum atomic E-state index is 0.260. The zero-order valence-electron chi connectivity index (χ0n) is 8.99. The van der Waals surface area contributed by atoms with Crippen LogP contribution in [0.1, 0.15) is 19.9 Å². The van der Waals surface area contributed by atoms with E-state index < -0.39 is 0 Å². The highest BCUT2D eigenvalue weighted by Gasteiger charge is 2.14. The van der Waals surface area contributed by atoms with Crippen LogP contribution < -0.4 is 4.74 Å². The van der Waals surface area contributed by atoms with Crippen LogP contribution in [-0.4, -0.2) is 16.9 Å². The van der Waals surface area contributed by atoms with E-state index in [0.29, 0.717) is 5.15 Å². The lowest BCUT2D eigenvalue weighted by atomic mass is 10.2. The fraction of sp³-hybridized carbons (Fsp3) is 0.364. The number of hydrogen-bond donors (Lipinski definition) is 0. The van der Waals surface area contributed by atoms with E-state index in [1.54, 1.807) is 7.11 Å². The third kappa shape index (κ3) is 1.57. The van der Waals surface area contributed by atoms with Gasteiger partial charge in [0.15, 0.2) is 5.15 Å². The molecule has 0 amide bonds. The zero-order valence-corrected chi connectivity index (χ0v) is 9.75. The molecular formula is C11H13ClN2O. The summed E-state index contributed by atoms with van der Waals surface area (Å²) in [7, 11) is 1.65. The molecule has 0 unspecified atom stereocenters. The Morgan fingerprint density at radius 2 is 2.13 bits per heavy atom. The van der Waals surface area contributed by atoms with Crippen molar-refractivity contribution in [3.63, 3.8) is 0 Å². The van der Waals surface area contributed by atoms with E-state index in [2.05, 4.69) is 18.9 Å². The number of hydrogen-bond acceptors (Lipinski definition) is 2. The molecule has 2 rings (SSSR count). The molecule has 4 heteroatoms. The smallest absolute Gasteiger partial charge is 0.159 e. The molecule has 1 heterocycles. The second-order valence-corrected chi connectivity index (χ2v) is 4.04. The quantitative estimate of drug-likeness (QED) is 0.783. The van der Waals surface area contributed by atoms with Crippen molar-refractivity contribution in [2.45, 2.75) is 19.9 Å². The Morgan fingerprint density at radius 3 is 2.73 bits per heavy atom. The van der Waals surface area contributed by atoms with E-state index in [9.17, 15) is 0 Å². The van der Waals surface area contributed by atoms with Gasteiger partial charge in [-0.2, -0.15) is 5.10 Å². The maximum atomic E-state index is 6.06. The zero-order chi connectivity index (χ0) is 11.0. The predicted octanol–water partition coefficient (Wildman–Crippen LogP) is 3.28. The van der Waals surface area contributed by atoms with Gasteiger partial charge in [-0.3, -0.25) is 4.68 Å². The lowest BCUT2D eigenvalue weighted by Gasteiger charge is -2.09. The molecule has 0 aliphatic carbocycles. The number of methoxy groups -OCH3 is 1. The van der Waals surface area contributed by atoms with Gasteiger partial charge in [-0.25, -0.2) is 0 Å². The lowest BCUT2D eigenvalue weighted by Crippen LogP contribution is -2.03. The summed E-state index contributed by atoms with van der Waals surface area (Å²) >= 11 is 6.06. The van der Waals surface area contributed by atoms with Crippen LogP contribution in [-0.2, 0) is 0 Å². The third-order valence-electron chi connectivity index (χ3n) is 2.35. The Balaban J connectivity index is 2.82. The summed E-state index contributed by atoms with van der Waals surface area (Å²) in [6, 6.07) is 6.04. The molecule has 3 nitrogen and oxygen atoms in total. The molecule has 0 radical (unpaired) electrons. The molecule has 15 heavy (non-hydrogen) atoms. The second kappa shape index (κ2) is 3.74. The average Bonchev–Trinajstić information content (AvgIpc) is 2.56. The molecule has 80 valence electrons. The van der Waals surface area contributed by atoms with Gasteiger partial charge in [0.25, 0.3) is 0 Å². The summed E-state index contributed by atoms with van der Waals surface area (Å²) in [5, 5.41) is 5.76. The van der Waals surface area contributed by atoms with Crippen molar-refractivity contribution in [2.75, 3.05) is 7.11 Å². The minimum Gasteiger partial charge on any atom is -0.494 e. The number of aromatic nitrogens is 2. The second-order valence-electron chi connectivity index (χ2n) is 3.69. The van der Waals surface area contributed by atoms with Crippen LogP contribution in [0, 0.1) is 0 Å². The molecule has 2 aromatic rings. The molecule has 1 aromatic heterocycles. The number of benzene rings is 1. The monoisotopic (exact) mass is 224 g/mol. The number of nitrogens with zero attached hydrogens (tertiary/aromatic N) is 2. The van der Waals surface area contributed by atoms with Crippen LogP contribution in [0.5, 0.6) is 5.75 Å². The molecular weight excluding hydrogens is 212 g/mol. The van der Waals surface area contributed by atoms with E-state index in [4.69, 9.17) is 16.3 Å². The van der Waals surface area contributed by atoms with Gasteiger partial charge in [0, 0.05) is 11.4 Å². The van der Waals surface area contributed by atoms with E-state index in [1.807, 2.05) is 22.9 Å².